The second-order valence-electron chi connectivity index (χ2n) is 6.11. The molecule has 3 rings (SSSR count). The molecule has 1 atom stereocenters. The summed E-state index contributed by atoms with van der Waals surface area (Å²) in [7, 11) is 3.09. The Labute approximate surface area is 167 Å². The average molecular weight is 401 g/mol. The van der Waals surface area contributed by atoms with Crippen LogP contribution in [0.25, 0.3) is 0 Å². The minimum absolute atomic E-state index is 0.0985. The van der Waals surface area contributed by atoms with Gasteiger partial charge >= 0.3 is 0 Å². The molecule has 1 heterocycles. The Bertz CT molecular complexity index is 961. The number of para-hydroxylation sites is 1. The van der Waals surface area contributed by atoms with E-state index in [4.69, 9.17) is 21.7 Å². The van der Waals surface area contributed by atoms with Gasteiger partial charge in [0.1, 0.15) is 17.3 Å². The molecule has 3 N–H and O–H groups in total. The molecule has 0 aromatic heterocycles. The third-order valence-corrected chi connectivity index (χ3v) is 4.61. The van der Waals surface area contributed by atoms with Gasteiger partial charge in [-0.3, -0.25) is 4.79 Å². The first-order chi connectivity index (χ1) is 13.4. The lowest BCUT2D eigenvalue weighted by Gasteiger charge is -2.31. The molecule has 0 bridgehead atoms. The summed E-state index contributed by atoms with van der Waals surface area (Å²) in [6.45, 7) is 1.74. The predicted molar refractivity (Wildman–Crippen MR) is 109 cm³/mol. The van der Waals surface area contributed by atoms with Gasteiger partial charge in [-0.1, -0.05) is 12.1 Å². The van der Waals surface area contributed by atoms with Crippen molar-refractivity contribution in [3.63, 3.8) is 0 Å². The summed E-state index contributed by atoms with van der Waals surface area (Å²) in [4.78, 5) is 13.0. The molecule has 0 unspecified atom stereocenters. The Hall–Kier alpha value is -3.13. The molecule has 0 saturated carbocycles. The number of hydrogen-bond donors (Lipinski definition) is 3. The van der Waals surface area contributed by atoms with Gasteiger partial charge in [0.2, 0.25) is 0 Å². The number of rotatable bonds is 5. The summed E-state index contributed by atoms with van der Waals surface area (Å²) in [5.74, 6) is 0.189. The molecule has 1 aliphatic rings. The van der Waals surface area contributed by atoms with Crippen molar-refractivity contribution in [1.82, 2.24) is 10.6 Å². The Kier molecular flexibility index (Phi) is 5.79. The topological polar surface area (TPSA) is 71.6 Å². The first kappa shape index (κ1) is 19.6. The van der Waals surface area contributed by atoms with Gasteiger partial charge in [-0.15, -0.1) is 0 Å². The second-order valence-corrected chi connectivity index (χ2v) is 6.52. The molecule has 0 saturated heterocycles. The average Bonchev–Trinajstić information content (AvgIpc) is 2.68. The molecular formula is C20H20FN3O3S. The van der Waals surface area contributed by atoms with Gasteiger partial charge in [-0.2, -0.15) is 0 Å². The summed E-state index contributed by atoms with van der Waals surface area (Å²) in [6.07, 6.45) is 0. The number of ether oxygens (including phenoxy) is 2. The Morgan fingerprint density at radius 3 is 2.61 bits per heavy atom. The van der Waals surface area contributed by atoms with Crippen LogP contribution in [0.3, 0.4) is 0 Å². The van der Waals surface area contributed by atoms with E-state index in [0.717, 1.165) is 0 Å². The van der Waals surface area contributed by atoms with Gasteiger partial charge in [-0.25, -0.2) is 4.39 Å². The zero-order chi connectivity index (χ0) is 20.3. The lowest BCUT2D eigenvalue weighted by Crippen LogP contribution is -2.45. The van der Waals surface area contributed by atoms with E-state index >= 15 is 0 Å². The van der Waals surface area contributed by atoms with E-state index in [2.05, 4.69) is 16.0 Å². The SMILES string of the molecule is COc1ccc([C@H]2NC(=S)NC(C)=C2C(=O)Nc2ccccc2F)c(OC)c1. The maximum Gasteiger partial charge on any atom is 0.255 e. The van der Waals surface area contributed by atoms with Crippen LogP contribution in [0.5, 0.6) is 11.5 Å². The number of anilines is 1. The number of benzene rings is 2. The minimum Gasteiger partial charge on any atom is -0.497 e. The number of nitrogens with one attached hydrogen (secondary N) is 3. The monoisotopic (exact) mass is 401 g/mol. The van der Waals surface area contributed by atoms with E-state index in [-0.39, 0.29) is 5.69 Å². The molecule has 1 aliphatic heterocycles. The quantitative estimate of drug-likeness (QED) is 0.668. The molecule has 2 aromatic rings. The Morgan fingerprint density at radius 2 is 1.93 bits per heavy atom. The highest BCUT2D eigenvalue weighted by Gasteiger charge is 2.32. The van der Waals surface area contributed by atoms with Crippen LogP contribution in [-0.2, 0) is 4.79 Å². The van der Waals surface area contributed by atoms with Crippen LogP contribution in [0, 0.1) is 5.82 Å². The number of allylic oxidation sites excluding steroid dienone is 1. The molecule has 146 valence electrons. The van der Waals surface area contributed by atoms with Crippen molar-refractivity contribution in [3.05, 3.63) is 65.1 Å². The van der Waals surface area contributed by atoms with Crippen molar-refractivity contribution < 1.29 is 18.7 Å². The summed E-state index contributed by atoms with van der Waals surface area (Å²) in [5, 5.41) is 9.05. The molecule has 0 aliphatic carbocycles. The highest BCUT2D eigenvalue weighted by molar-refractivity contribution is 7.80. The number of thiocarbonyl (C=S) groups is 1. The van der Waals surface area contributed by atoms with Crippen LogP contribution in [-0.4, -0.2) is 25.2 Å². The molecule has 0 spiro atoms. The first-order valence-corrected chi connectivity index (χ1v) is 8.91. The van der Waals surface area contributed by atoms with Gasteiger partial charge in [0.15, 0.2) is 5.11 Å². The van der Waals surface area contributed by atoms with Crippen molar-refractivity contribution in [2.75, 3.05) is 19.5 Å². The van der Waals surface area contributed by atoms with Crippen LogP contribution in [0.15, 0.2) is 53.7 Å². The van der Waals surface area contributed by atoms with Gasteiger partial charge in [0.25, 0.3) is 5.91 Å². The largest absolute Gasteiger partial charge is 0.497 e. The van der Waals surface area contributed by atoms with Crippen molar-refractivity contribution in [1.29, 1.82) is 0 Å². The fourth-order valence-electron chi connectivity index (χ4n) is 3.04. The molecule has 0 fully saturated rings. The zero-order valence-corrected chi connectivity index (χ0v) is 16.4. The maximum absolute atomic E-state index is 14.0. The summed E-state index contributed by atoms with van der Waals surface area (Å²) < 4.78 is 24.7. The molecule has 6 nitrogen and oxygen atoms in total. The zero-order valence-electron chi connectivity index (χ0n) is 15.6. The number of hydrogen-bond acceptors (Lipinski definition) is 4. The van der Waals surface area contributed by atoms with Crippen LogP contribution in [0.4, 0.5) is 10.1 Å². The lowest BCUT2D eigenvalue weighted by atomic mass is 9.94. The Balaban J connectivity index is 2.02. The molecule has 28 heavy (non-hydrogen) atoms. The van der Waals surface area contributed by atoms with Crippen molar-refractivity contribution in [3.8, 4) is 11.5 Å². The summed E-state index contributed by atoms with van der Waals surface area (Å²) >= 11 is 5.26. The molecule has 0 radical (unpaired) electrons. The van der Waals surface area contributed by atoms with Crippen molar-refractivity contribution >= 4 is 28.9 Å². The molecule has 2 aromatic carbocycles. The van der Waals surface area contributed by atoms with Gasteiger partial charge in [0.05, 0.1) is 31.5 Å². The minimum atomic E-state index is -0.582. The van der Waals surface area contributed by atoms with Crippen LogP contribution < -0.4 is 25.4 Å². The van der Waals surface area contributed by atoms with Crippen LogP contribution in [0.1, 0.15) is 18.5 Å². The molecule has 1 amide bonds. The van der Waals surface area contributed by atoms with E-state index in [1.54, 1.807) is 44.4 Å². The molecule has 8 heteroatoms. The maximum atomic E-state index is 14.0. The molecular weight excluding hydrogens is 381 g/mol. The number of carbonyl (C=O) groups excluding carboxylic acids is 1. The highest BCUT2D eigenvalue weighted by Crippen LogP contribution is 2.35. The van der Waals surface area contributed by atoms with Crippen LogP contribution in [0.2, 0.25) is 0 Å². The first-order valence-electron chi connectivity index (χ1n) is 8.50. The van der Waals surface area contributed by atoms with Crippen molar-refractivity contribution in [2.24, 2.45) is 0 Å². The van der Waals surface area contributed by atoms with E-state index < -0.39 is 17.8 Å². The van der Waals surface area contributed by atoms with Gasteiger partial charge in [0, 0.05) is 17.3 Å². The summed E-state index contributed by atoms with van der Waals surface area (Å²) in [5.41, 5.74) is 1.74. The smallest absolute Gasteiger partial charge is 0.255 e. The van der Waals surface area contributed by atoms with E-state index in [9.17, 15) is 9.18 Å². The predicted octanol–water partition coefficient (Wildman–Crippen LogP) is 3.27. The second kappa shape index (κ2) is 8.26. The lowest BCUT2D eigenvalue weighted by molar-refractivity contribution is -0.113. The van der Waals surface area contributed by atoms with Crippen molar-refractivity contribution in [2.45, 2.75) is 13.0 Å². The summed E-state index contributed by atoms with van der Waals surface area (Å²) in [6, 6.07) is 10.7. The van der Waals surface area contributed by atoms with Gasteiger partial charge < -0.3 is 25.4 Å². The number of halogens is 1. The van der Waals surface area contributed by atoms with Crippen LogP contribution >= 0.6 is 12.2 Å². The number of methoxy groups -OCH3 is 2. The van der Waals surface area contributed by atoms with E-state index in [0.29, 0.717) is 33.4 Å². The third kappa shape index (κ3) is 3.91. The fourth-order valence-corrected chi connectivity index (χ4v) is 3.31. The number of amides is 1. The third-order valence-electron chi connectivity index (χ3n) is 4.39. The fraction of sp³-hybridized carbons (Fsp3) is 0.200. The highest BCUT2D eigenvalue weighted by atomic mass is 32.1. The van der Waals surface area contributed by atoms with E-state index in [1.165, 1.54) is 19.2 Å². The standard InChI is InChI=1S/C20H20FN3O3S/c1-11-17(19(25)23-15-7-5-4-6-14(15)21)18(24-20(28)22-11)13-9-8-12(26-2)10-16(13)27-3/h4-10,18H,1-3H3,(H,23,25)(H2,22,24,28)/t18-/m1/s1. The normalized spacial score (nSPS) is 16.1. The number of carbonyl (C=O) groups is 1. The van der Waals surface area contributed by atoms with Gasteiger partial charge in [-0.05, 0) is 43.4 Å². The van der Waals surface area contributed by atoms with E-state index in [1.807, 2.05) is 0 Å². The Morgan fingerprint density at radius 1 is 1.18 bits per heavy atom.